The maximum absolute atomic E-state index is 11.7. The third-order valence-corrected chi connectivity index (χ3v) is 2.30. The zero-order valence-corrected chi connectivity index (χ0v) is 9.96. The molecule has 0 spiro atoms. The molecule has 2 amide bonds. The minimum Gasteiger partial charge on any atom is -0.480 e. The standard InChI is InChI=1S/C10H16N4O4/c1-14(6-8-11-3-4-12-8)10(18)13-7(2-5-15)9(16)17/h3-4,7,15H,2,5-6H2,1H3,(H,11,12)(H,13,18)(H,16,17)/t7-/m1/s1. The van der Waals surface area contributed by atoms with Gasteiger partial charge in [-0.1, -0.05) is 0 Å². The van der Waals surface area contributed by atoms with E-state index in [2.05, 4.69) is 15.3 Å². The molecule has 1 aromatic heterocycles. The van der Waals surface area contributed by atoms with Gasteiger partial charge in [0.05, 0.1) is 6.54 Å². The van der Waals surface area contributed by atoms with Gasteiger partial charge in [-0.25, -0.2) is 14.6 Å². The van der Waals surface area contributed by atoms with Crippen molar-refractivity contribution in [3.8, 4) is 0 Å². The van der Waals surface area contributed by atoms with E-state index in [9.17, 15) is 9.59 Å². The Morgan fingerprint density at radius 3 is 2.83 bits per heavy atom. The van der Waals surface area contributed by atoms with E-state index in [1.807, 2.05) is 0 Å². The van der Waals surface area contributed by atoms with Crippen LogP contribution < -0.4 is 5.32 Å². The van der Waals surface area contributed by atoms with Crippen molar-refractivity contribution in [3.63, 3.8) is 0 Å². The number of rotatable bonds is 6. The molecule has 8 heteroatoms. The number of aromatic amines is 1. The number of aliphatic hydroxyl groups is 1. The summed E-state index contributed by atoms with van der Waals surface area (Å²) in [6.07, 6.45) is 3.16. The number of nitrogens with zero attached hydrogens (tertiary/aromatic N) is 2. The van der Waals surface area contributed by atoms with E-state index in [4.69, 9.17) is 10.2 Å². The van der Waals surface area contributed by atoms with E-state index < -0.39 is 18.0 Å². The molecule has 4 N–H and O–H groups in total. The Hall–Kier alpha value is -2.09. The number of carbonyl (C=O) groups excluding carboxylic acids is 1. The minimum absolute atomic E-state index is 0.0321. The molecule has 0 saturated heterocycles. The Bertz CT molecular complexity index is 393. The molecule has 18 heavy (non-hydrogen) atoms. The molecule has 0 saturated carbocycles. The molecule has 1 atom stereocenters. The van der Waals surface area contributed by atoms with E-state index in [0.29, 0.717) is 5.82 Å². The SMILES string of the molecule is CN(Cc1ncc[nH]1)C(=O)N[C@H](CCO)C(=O)O. The largest absolute Gasteiger partial charge is 0.480 e. The first kappa shape index (κ1) is 14.0. The normalized spacial score (nSPS) is 11.9. The number of urea groups is 1. The molecule has 0 aliphatic rings. The van der Waals surface area contributed by atoms with Crippen LogP contribution in [0.3, 0.4) is 0 Å². The highest BCUT2D eigenvalue weighted by atomic mass is 16.4. The number of aliphatic carboxylic acids is 1. The number of nitrogens with one attached hydrogen (secondary N) is 2. The molecule has 100 valence electrons. The topological polar surface area (TPSA) is 119 Å². The number of imidazole rings is 1. The number of carbonyl (C=O) groups is 2. The van der Waals surface area contributed by atoms with Crippen molar-refractivity contribution in [2.75, 3.05) is 13.7 Å². The quantitative estimate of drug-likeness (QED) is 0.541. The van der Waals surface area contributed by atoms with Crippen LogP contribution in [0.15, 0.2) is 12.4 Å². The summed E-state index contributed by atoms with van der Waals surface area (Å²) in [4.78, 5) is 30.6. The van der Waals surface area contributed by atoms with E-state index in [-0.39, 0.29) is 19.6 Å². The molecule has 0 bridgehead atoms. The first-order valence-electron chi connectivity index (χ1n) is 5.38. The van der Waals surface area contributed by atoms with Gasteiger partial charge in [-0.2, -0.15) is 0 Å². The van der Waals surface area contributed by atoms with Crippen LogP contribution in [-0.2, 0) is 11.3 Å². The zero-order chi connectivity index (χ0) is 13.5. The number of H-pyrrole nitrogens is 1. The molecular formula is C10H16N4O4. The van der Waals surface area contributed by atoms with Gasteiger partial charge in [0.25, 0.3) is 0 Å². The van der Waals surface area contributed by atoms with E-state index in [0.717, 1.165) is 0 Å². The third-order valence-electron chi connectivity index (χ3n) is 2.30. The van der Waals surface area contributed by atoms with Gasteiger partial charge in [-0.15, -0.1) is 0 Å². The highest BCUT2D eigenvalue weighted by molar-refractivity contribution is 5.82. The molecule has 0 fully saturated rings. The van der Waals surface area contributed by atoms with Crippen molar-refractivity contribution in [2.24, 2.45) is 0 Å². The van der Waals surface area contributed by atoms with Gasteiger partial charge in [-0.05, 0) is 0 Å². The van der Waals surface area contributed by atoms with Gasteiger partial charge in [0.1, 0.15) is 11.9 Å². The van der Waals surface area contributed by atoms with Crippen LogP contribution in [0, 0.1) is 0 Å². The van der Waals surface area contributed by atoms with Gasteiger partial charge in [-0.3, -0.25) is 0 Å². The summed E-state index contributed by atoms with van der Waals surface area (Å²) < 4.78 is 0. The first-order chi connectivity index (χ1) is 8.54. The Morgan fingerprint density at radius 1 is 1.61 bits per heavy atom. The van der Waals surface area contributed by atoms with Crippen molar-refractivity contribution in [3.05, 3.63) is 18.2 Å². The monoisotopic (exact) mass is 256 g/mol. The summed E-state index contributed by atoms with van der Waals surface area (Å²) in [6.45, 7) is -0.0660. The molecule has 0 aromatic carbocycles. The van der Waals surface area contributed by atoms with Gasteiger partial charge in [0, 0.05) is 32.5 Å². The van der Waals surface area contributed by atoms with Crippen molar-refractivity contribution in [1.29, 1.82) is 0 Å². The predicted molar refractivity (Wildman–Crippen MR) is 61.7 cm³/mol. The second-order valence-corrected chi connectivity index (χ2v) is 3.74. The van der Waals surface area contributed by atoms with Gasteiger partial charge in [0.2, 0.25) is 0 Å². The maximum atomic E-state index is 11.7. The fourth-order valence-electron chi connectivity index (χ4n) is 1.33. The number of carboxylic acids is 1. The average molecular weight is 256 g/mol. The number of carboxylic acid groups (broad SMARTS) is 1. The fraction of sp³-hybridized carbons (Fsp3) is 0.500. The van der Waals surface area contributed by atoms with Crippen LogP contribution in [0.5, 0.6) is 0 Å². The van der Waals surface area contributed by atoms with E-state index in [1.54, 1.807) is 12.4 Å². The van der Waals surface area contributed by atoms with E-state index in [1.165, 1.54) is 11.9 Å². The maximum Gasteiger partial charge on any atom is 0.326 e. The Balaban J connectivity index is 2.50. The summed E-state index contributed by atoms with van der Waals surface area (Å²) in [6, 6.07) is -1.63. The Kier molecular flexibility index (Phi) is 5.12. The highest BCUT2D eigenvalue weighted by Gasteiger charge is 2.21. The molecule has 1 aromatic rings. The highest BCUT2D eigenvalue weighted by Crippen LogP contribution is 1.98. The molecular weight excluding hydrogens is 240 g/mol. The molecule has 1 heterocycles. The number of aromatic nitrogens is 2. The molecule has 0 aliphatic heterocycles. The lowest BCUT2D eigenvalue weighted by molar-refractivity contribution is -0.139. The Morgan fingerprint density at radius 2 is 2.33 bits per heavy atom. The number of hydrogen-bond acceptors (Lipinski definition) is 4. The van der Waals surface area contributed by atoms with Crippen molar-refractivity contribution < 1.29 is 19.8 Å². The average Bonchev–Trinajstić information content (AvgIpc) is 2.80. The van der Waals surface area contributed by atoms with Gasteiger partial charge >= 0.3 is 12.0 Å². The molecule has 0 unspecified atom stereocenters. The lowest BCUT2D eigenvalue weighted by Gasteiger charge is -2.20. The molecule has 1 rings (SSSR count). The number of aliphatic hydroxyl groups excluding tert-OH is 1. The van der Waals surface area contributed by atoms with Crippen molar-refractivity contribution in [2.45, 2.75) is 19.0 Å². The van der Waals surface area contributed by atoms with Crippen molar-refractivity contribution in [1.82, 2.24) is 20.2 Å². The fourth-order valence-corrected chi connectivity index (χ4v) is 1.33. The summed E-state index contributed by atoms with van der Waals surface area (Å²) in [7, 11) is 1.52. The zero-order valence-electron chi connectivity index (χ0n) is 9.96. The second-order valence-electron chi connectivity index (χ2n) is 3.74. The Labute approximate surface area is 104 Å². The molecule has 0 aliphatic carbocycles. The number of hydrogen-bond donors (Lipinski definition) is 4. The van der Waals surface area contributed by atoms with Crippen LogP contribution in [-0.4, -0.2) is 56.8 Å². The summed E-state index contributed by atoms with van der Waals surface area (Å²) in [5.74, 6) is -0.578. The van der Waals surface area contributed by atoms with Crippen LogP contribution in [0.4, 0.5) is 4.79 Å². The smallest absolute Gasteiger partial charge is 0.326 e. The van der Waals surface area contributed by atoms with E-state index >= 15 is 0 Å². The predicted octanol–water partition coefficient (Wildman–Crippen LogP) is -0.613. The number of amides is 2. The summed E-state index contributed by atoms with van der Waals surface area (Å²) in [5.41, 5.74) is 0. The molecule has 8 nitrogen and oxygen atoms in total. The summed E-state index contributed by atoms with van der Waals surface area (Å²) in [5, 5.41) is 19.8. The van der Waals surface area contributed by atoms with Crippen molar-refractivity contribution >= 4 is 12.0 Å². The lowest BCUT2D eigenvalue weighted by Crippen LogP contribution is -2.46. The van der Waals surface area contributed by atoms with Crippen LogP contribution in [0.2, 0.25) is 0 Å². The minimum atomic E-state index is -1.18. The second kappa shape index (κ2) is 6.60. The molecule has 0 radical (unpaired) electrons. The van der Waals surface area contributed by atoms with Crippen LogP contribution in [0.1, 0.15) is 12.2 Å². The van der Waals surface area contributed by atoms with Crippen LogP contribution in [0.25, 0.3) is 0 Å². The van der Waals surface area contributed by atoms with Gasteiger partial charge < -0.3 is 25.4 Å². The lowest BCUT2D eigenvalue weighted by atomic mass is 10.2. The first-order valence-corrected chi connectivity index (χ1v) is 5.38. The third kappa shape index (κ3) is 4.06. The van der Waals surface area contributed by atoms with Crippen LogP contribution >= 0.6 is 0 Å². The van der Waals surface area contributed by atoms with Gasteiger partial charge in [0.15, 0.2) is 0 Å². The summed E-state index contributed by atoms with van der Waals surface area (Å²) >= 11 is 0.